The van der Waals surface area contributed by atoms with Gasteiger partial charge in [0.25, 0.3) is 0 Å². The molecule has 1 fully saturated rings. The Hall–Kier alpha value is -2.39. The zero-order valence-corrected chi connectivity index (χ0v) is 16.3. The van der Waals surface area contributed by atoms with Gasteiger partial charge in [0, 0.05) is 25.4 Å². The number of nitrogens with zero attached hydrogens (tertiary/aromatic N) is 3. The van der Waals surface area contributed by atoms with Gasteiger partial charge >= 0.3 is 0 Å². The lowest BCUT2D eigenvalue weighted by atomic mass is 10.1. The summed E-state index contributed by atoms with van der Waals surface area (Å²) in [6, 6.07) is 6.35. The zero-order chi connectivity index (χ0) is 19.3. The van der Waals surface area contributed by atoms with Gasteiger partial charge in [-0.1, -0.05) is 0 Å². The third-order valence-corrected chi connectivity index (χ3v) is 5.87. The predicted octanol–water partition coefficient (Wildman–Crippen LogP) is 1.96. The van der Waals surface area contributed by atoms with E-state index >= 15 is 0 Å². The van der Waals surface area contributed by atoms with Gasteiger partial charge in [-0.15, -0.1) is 0 Å². The van der Waals surface area contributed by atoms with Gasteiger partial charge in [-0.25, -0.2) is 23.1 Å². The highest BCUT2D eigenvalue weighted by Gasteiger charge is 2.21. The molecule has 0 bridgehead atoms. The number of hydrogen-bond acceptors (Lipinski definition) is 7. The zero-order valence-electron chi connectivity index (χ0n) is 15.5. The first kappa shape index (κ1) is 19.4. The number of benzene rings is 1. The molecule has 1 N–H and O–H groups in total. The molecule has 2 heterocycles. The van der Waals surface area contributed by atoms with Crippen molar-refractivity contribution in [1.82, 2.24) is 14.7 Å². The Morgan fingerprint density at radius 3 is 2.59 bits per heavy atom. The monoisotopic (exact) mass is 392 g/mol. The molecule has 146 valence electrons. The number of sulfonamides is 1. The van der Waals surface area contributed by atoms with Crippen LogP contribution < -0.4 is 19.1 Å². The fourth-order valence-corrected chi connectivity index (χ4v) is 4.15. The molecule has 2 aromatic rings. The Morgan fingerprint density at radius 1 is 1.11 bits per heavy atom. The fraction of sp³-hybridized carbons (Fsp3) is 0.444. The van der Waals surface area contributed by atoms with Crippen LogP contribution in [0.3, 0.4) is 0 Å². The summed E-state index contributed by atoms with van der Waals surface area (Å²) in [7, 11) is -0.893. The van der Waals surface area contributed by atoms with Gasteiger partial charge in [0.05, 0.1) is 26.5 Å². The summed E-state index contributed by atoms with van der Waals surface area (Å²) >= 11 is 0. The second-order valence-corrected chi connectivity index (χ2v) is 7.97. The van der Waals surface area contributed by atoms with Crippen molar-refractivity contribution >= 4 is 16.0 Å². The third kappa shape index (κ3) is 4.67. The van der Waals surface area contributed by atoms with Gasteiger partial charge in [-0.05, 0) is 37.5 Å². The maximum atomic E-state index is 12.7. The van der Waals surface area contributed by atoms with Crippen molar-refractivity contribution in [2.45, 2.75) is 30.7 Å². The van der Waals surface area contributed by atoms with Gasteiger partial charge in [-0.3, -0.25) is 0 Å². The number of hydrogen-bond donors (Lipinski definition) is 1. The van der Waals surface area contributed by atoms with E-state index in [9.17, 15) is 8.42 Å². The summed E-state index contributed by atoms with van der Waals surface area (Å²) in [5.41, 5.74) is 0.607. The van der Waals surface area contributed by atoms with Crippen LogP contribution in [0, 0.1) is 0 Å². The van der Waals surface area contributed by atoms with Crippen LogP contribution in [-0.2, 0) is 16.6 Å². The number of methoxy groups -OCH3 is 2. The van der Waals surface area contributed by atoms with E-state index in [2.05, 4.69) is 19.6 Å². The first-order chi connectivity index (χ1) is 13.0. The Morgan fingerprint density at radius 2 is 1.89 bits per heavy atom. The van der Waals surface area contributed by atoms with E-state index in [1.165, 1.54) is 26.7 Å². The molecule has 1 aromatic carbocycles. The summed E-state index contributed by atoms with van der Waals surface area (Å²) in [4.78, 5) is 11.0. The topological polar surface area (TPSA) is 93.6 Å². The van der Waals surface area contributed by atoms with E-state index < -0.39 is 10.0 Å². The molecule has 1 saturated heterocycles. The highest BCUT2D eigenvalue weighted by molar-refractivity contribution is 7.89. The highest BCUT2D eigenvalue weighted by atomic mass is 32.2. The van der Waals surface area contributed by atoms with Crippen molar-refractivity contribution in [1.29, 1.82) is 0 Å². The maximum absolute atomic E-state index is 12.7. The average molecular weight is 392 g/mol. The molecule has 9 heteroatoms. The van der Waals surface area contributed by atoms with Gasteiger partial charge in [-0.2, -0.15) is 0 Å². The van der Waals surface area contributed by atoms with E-state index in [0.29, 0.717) is 17.4 Å². The number of aromatic nitrogens is 2. The summed E-state index contributed by atoms with van der Waals surface area (Å²) in [5, 5.41) is 0. The Kier molecular flexibility index (Phi) is 6.12. The van der Waals surface area contributed by atoms with Crippen molar-refractivity contribution < 1.29 is 17.9 Å². The Bertz CT molecular complexity index is 883. The normalized spacial score (nSPS) is 14.8. The Labute approximate surface area is 159 Å². The second-order valence-electron chi connectivity index (χ2n) is 6.24. The lowest BCUT2D eigenvalue weighted by Crippen LogP contribution is -2.31. The molecule has 1 aliphatic heterocycles. The number of ether oxygens (including phenoxy) is 2. The Balaban J connectivity index is 1.76. The van der Waals surface area contributed by atoms with E-state index in [1.807, 2.05) is 0 Å². The maximum Gasteiger partial charge on any atom is 0.244 e. The van der Waals surface area contributed by atoms with Gasteiger partial charge in [0.2, 0.25) is 16.0 Å². The largest absolute Gasteiger partial charge is 0.497 e. The molecule has 1 aromatic heterocycles. The van der Waals surface area contributed by atoms with Crippen molar-refractivity contribution in [3.05, 3.63) is 36.2 Å². The third-order valence-electron chi connectivity index (χ3n) is 4.44. The van der Waals surface area contributed by atoms with Crippen LogP contribution in [-0.4, -0.2) is 45.7 Å². The van der Waals surface area contributed by atoms with E-state index in [-0.39, 0.29) is 17.2 Å². The van der Waals surface area contributed by atoms with Crippen LogP contribution in [0.5, 0.6) is 11.5 Å². The fourth-order valence-electron chi connectivity index (χ4n) is 2.97. The quantitative estimate of drug-likeness (QED) is 0.770. The molecular formula is C18H24N4O4S. The van der Waals surface area contributed by atoms with Crippen molar-refractivity contribution in [2.24, 2.45) is 0 Å². The second kappa shape index (κ2) is 8.53. The molecule has 1 aliphatic rings. The van der Waals surface area contributed by atoms with Gasteiger partial charge in [0.15, 0.2) is 0 Å². The minimum Gasteiger partial charge on any atom is -0.497 e. The van der Waals surface area contributed by atoms with E-state index in [0.717, 1.165) is 25.9 Å². The molecule has 8 nitrogen and oxygen atoms in total. The molecule has 0 aliphatic carbocycles. The summed E-state index contributed by atoms with van der Waals surface area (Å²) in [6.45, 7) is 1.92. The van der Waals surface area contributed by atoms with Crippen LogP contribution in [0.15, 0.2) is 35.4 Å². The van der Waals surface area contributed by atoms with Crippen LogP contribution in [0.25, 0.3) is 0 Å². The van der Waals surface area contributed by atoms with E-state index in [1.54, 1.807) is 24.4 Å². The number of anilines is 1. The lowest BCUT2D eigenvalue weighted by molar-refractivity contribution is 0.392. The lowest BCUT2D eigenvalue weighted by Gasteiger charge is -2.26. The summed E-state index contributed by atoms with van der Waals surface area (Å²) in [6.07, 6.45) is 5.12. The highest BCUT2D eigenvalue weighted by Crippen LogP contribution is 2.28. The molecule has 0 atom stereocenters. The van der Waals surface area contributed by atoms with Crippen LogP contribution in [0.1, 0.15) is 25.0 Å². The van der Waals surface area contributed by atoms with Crippen LogP contribution in [0.4, 0.5) is 5.95 Å². The minimum atomic E-state index is -3.80. The van der Waals surface area contributed by atoms with Gasteiger partial charge < -0.3 is 14.4 Å². The smallest absolute Gasteiger partial charge is 0.244 e. The van der Waals surface area contributed by atoms with Crippen molar-refractivity contribution in [3.8, 4) is 11.5 Å². The minimum absolute atomic E-state index is 0.0228. The number of nitrogens with one attached hydrogen (secondary N) is 1. The standard InChI is InChI=1S/C18H24N4O4S/c1-25-15-6-7-16(26-2)17(12-15)27(23,24)20-13-14-8-9-19-18(21-14)22-10-4-3-5-11-22/h6-9,12,20H,3-5,10-11,13H2,1-2H3. The van der Waals surface area contributed by atoms with Crippen LogP contribution >= 0.6 is 0 Å². The average Bonchev–Trinajstić information content (AvgIpc) is 2.72. The molecule has 0 saturated carbocycles. The van der Waals surface area contributed by atoms with Crippen molar-refractivity contribution in [3.63, 3.8) is 0 Å². The SMILES string of the molecule is COc1ccc(OC)c(S(=O)(=O)NCc2ccnc(N3CCCCC3)n2)c1. The van der Waals surface area contributed by atoms with Crippen LogP contribution in [0.2, 0.25) is 0 Å². The number of piperidine rings is 1. The summed E-state index contributed by atoms with van der Waals surface area (Å²) in [5.74, 6) is 1.33. The van der Waals surface area contributed by atoms with Gasteiger partial charge in [0.1, 0.15) is 16.4 Å². The molecule has 0 unspecified atom stereocenters. The predicted molar refractivity (Wildman–Crippen MR) is 102 cm³/mol. The summed E-state index contributed by atoms with van der Waals surface area (Å²) < 4.78 is 38.4. The van der Waals surface area contributed by atoms with Crippen molar-refractivity contribution in [2.75, 3.05) is 32.2 Å². The molecule has 0 radical (unpaired) electrons. The molecular weight excluding hydrogens is 368 g/mol. The molecule has 0 amide bonds. The first-order valence-corrected chi connectivity index (χ1v) is 10.3. The number of rotatable bonds is 7. The molecule has 3 rings (SSSR count). The van der Waals surface area contributed by atoms with E-state index in [4.69, 9.17) is 9.47 Å². The molecule has 27 heavy (non-hydrogen) atoms. The molecule has 0 spiro atoms. The first-order valence-electron chi connectivity index (χ1n) is 8.82.